The average Bonchev–Trinajstić information content (AvgIpc) is 2.78. The van der Waals surface area contributed by atoms with E-state index in [1.807, 2.05) is 0 Å². The largest absolute Gasteiger partial charge is 0.416 e. The number of hydrogen-bond acceptors (Lipinski definition) is 6. The van der Waals surface area contributed by atoms with Gasteiger partial charge in [0.05, 0.1) is 41.7 Å². The Labute approximate surface area is 197 Å². The number of nitrogens with zero attached hydrogens (tertiary/aromatic N) is 3. The number of aromatic nitrogens is 2. The highest BCUT2D eigenvalue weighted by molar-refractivity contribution is 5.92. The van der Waals surface area contributed by atoms with Gasteiger partial charge in [-0.25, -0.2) is 0 Å². The van der Waals surface area contributed by atoms with E-state index in [1.165, 1.54) is 12.3 Å². The summed E-state index contributed by atoms with van der Waals surface area (Å²) in [7, 11) is 0. The van der Waals surface area contributed by atoms with Gasteiger partial charge < -0.3 is 15.7 Å². The maximum absolute atomic E-state index is 13.1. The van der Waals surface area contributed by atoms with Crippen LogP contribution in [0.1, 0.15) is 45.1 Å². The zero-order valence-corrected chi connectivity index (χ0v) is 19.5. The number of amides is 1. The van der Waals surface area contributed by atoms with Crippen LogP contribution in [0.5, 0.6) is 0 Å². The molecular weight excluding hydrogens is 447 g/mol. The number of carbonyl (C=O) groups excluding carboxylic acids is 1. The minimum absolute atomic E-state index is 0.0638. The molecule has 2 aliphatic rings. The maximum atomic E-state index is 13.1. The van der Waals surface area contributed by atoms with Gasteiger partial charge in [-0.3, -0.25) is 9.69 Å². The van der Waals surface area contributed by atoms with Crippen LogP contribution < -0.4 is 10.6 Å². The third-order valence-electron chi connectivity index (χ3n) is 7.10. The van der Waals surface area contributed by atoms with Gasteiger partial charge in [0.1, 0.15) is 0 Å². The van der Waals surface area contributed by atoms with Gasteiger partial charge in [-0.05, 0) is 55.7 Å². The Morgan fingerprint density at radius 3 is 2.56 bits per heavy atom. The molecular formula is C24H32F3N5O2. The molecule has 10 heteroatoms. The number of likely N-dealkylation sites (tertiary alicyclic amines) is 1. The number of benzene rings is 1. The number of halogens is 3. The highest BCUT2D eigenvalue weighted by Gasteiger charge is 2.36. The molecule has 2 fully saturated rings. The molecule has 1 saturated heterocycles. The summed E-state index contributed by atoms with van der Waals surface area (Å²) in [5, 5.41) is 24.1. The van der Waals surface area contributed by atoms with Crippen LogP contribution in [0.25, 0.3) is 10.9 Å². The molecule has 1 aliphatic carbocycles. The van der Waals surface area contributed by atoms with E-state index in [4.69, 9.17) is 0 Å². The molecule has 1 aromatic carbocycles. The zero-order valence-electron chi connectivity index (χ0n) is 19.5. The summed E-state index contributed by atoms with van der Waals surface area (Å²) >= 11 is 0. The summed E-state index contributed by atoms with van der Waals surface area (Å²) in [4.78, 5) is 14.8. The van der Waals surface area contributed by atoms with Gasteiger partial charge in [-0.2, -0.15) is 23.4 Å². The van der Waals surface area contributed by atoms with Gasteiger partial charge in [0, 0.05) is 24.5 Å². The number of hydrogen-bond donors (Lipinski definition) is 3. The van der Waals surface area contributed by atoms with Crippen LogP contribution in [0.3, 0.4) is 0 Å². The summed E-state index contributed by atoms with van der Waals surface area (Å²) in [6, 6.07) is 3.82. The molecule has 1 unspecified atom stereocenters. The predicted octanol–water partition coefficient (Wildman–Crippen LogP) is 3.44. The lowest BCUT2D eigenvalue weighted by Gasteiger charge is -2.47. The van der Waals surface area contributed by atoms with E-state index in [9.17, 15) is 23.1 Å². The van der Waals surface area contributed by atoms with E-state index in [2.05, 4.69) is 39.6 Å². The first-order valence-corrected chi connectivity index (χ1v) is 11.9. The summed E-state index contributed by atoms with van der Waals surface area (Å²) < 4.78 is 39.2. The topological polar surface area (TPSA) is 90.4 Å². The van der Waals surface area contributed by atoms with Gasteiger partial charge in [0.25, 0.3) is 0 Å². The molecule has 0 bridgehead atoms. The minimum atomic E-state index is -4.46. The molecule has 186 valence electrons. The molecule has 34 heavy (non-hydrogen) atoms. The maximum Gasteiger partial charge on any atom is 0.416 e. The monoisotopic (exact) mass is 479 g/mol. The van der Waals surface area contributed by atoms with E-state index in [0.717, 1.165) is 50.9 Å². The second kappa shape index (κ2) is 10.0. The number of carbonyl (C=O) groups is 1. The van der Waals surface area contributed by atoms with Crippen LogP contribution in [0.2, 0.25) is 0 Å². The van der Waals surface area contributed by atoms with Crippen molar-refractivity contribution < 1.29 is 23.1 Å². The first kappa shape index (κ1) is 24.7. The van der Waals surface area contributed by atoms with Crippen molar-refractivity contribution in [3.63, 3.8) is 0 Å². The molecule has 1 saturated carbocycles. The number of nitrogens with one attached hydrogen (secondary N) is 2. The Bertz CT molecular complexity index is 1000. The Kier molecular flexibility index (Phi) is 7.28. The van der Waals surface area contributed by atoms with Crippen molar-refractivity contribution in [3.05, 3.63) is 30.0 Å². The van der Waals surface area contributed by atoms with Crippen LogP contribution in [0.15, 0.2) is 24.4 Å². The normalized spacial score (nSPS) is 23.0. The first-order valence-electron chi connectivity index (χ1n) is 11.9. The SMILES string of the molecule is CC(C)C(O)[C@H]1CC[C@@H](N2CC(NC(=O)CNc3cnnc4ccc(C(F)(F)F)cc34)C2)CC1. The lowest BCUT2D eigenvalue weighted by molar-refractivity contribution is -0.137. The minimum Gasteiger partial charge on any atom is -0.393 e. The van der Waals surface area contributed by atoms with Crippen molar-refractivity contribution in [3.8, 4) is 0 Å². The van der Waals surface area contributed by atoms with Crippen molar-refractivity contribution >= 4 is 22.5 Å². The van der Waals surface area contributed by atoms with Crippen LogP contribution in [-0.2, 0) is 11.0 Å². The second-order valence-corrected chi connectivity index (χ2v) is 9.86. The molecule has 1 atom stereocenters. The van der Waals surface area contributed by atoms with Crippen molar-refractivity contribution in [2.24, 2.45) is 11.8 Å². The molecule has 0 spiro atoms. The third kappa shape index (κ3) is 5.60. The molecule has 0 radical (unpaired) electrons. The quantitative estimate of drug-likeness (QED) is 0.564. The van der Waals surface area contributed by atoms with Gasteiger partial charge in [-0.15, -0.1) is 0 Å². The zero-order chi connectivity index (χ0) is 24.5. The van der Waals surface area contributed by atoms with Crippen LogP contribution in [0.4, 0.5) is 18.9 Å². The number of alkyl halides is 3. The fraction of sp³-hybridized carbons (Fsp3) is 0.625. The molecule has 7 nitrogen and oxygen atoms in total. The smallest absolute Gasteiger partial charge is 0.393 e. The molecule has 1 amide bonds. The summed E-state index contributed by atoms with van der Waals surface area (Å²) in [5.41, 5.74) is -0.117. The van der Waals surface area contributed by atoms with E-state index in [0.29, 0.717) is 23.2 Å². The van der Waals surface area contributed by atoms with Crippen LogP contribution in [-0.4, -0.2) is 63.9 Å². The van der Waals surface area contributed by atoms with Gasteiger partial charge in [0.15, 0.2) is 0 Å². The van der Waals surface area contributed by atoms with Crippen molar-refractivity contribution in [1.82, 2.24) is 20.4 Å². The molecule has 3 N–H and O–H groups in total. The van der Waals surface area contributed by atoms with Crippen molar-refractivity contribution in [2.45, 2.75) is 63.9 Å². The molecule has 4 rings (SSSR count). The summed E-state index contributed by atoms with van der Waals surface area (Å²) in [6.07, 6.45) is 0.835. The second-order valence-electron chi connectivity index (χ2n) is 9.86. The van der Waals surface area contributed by atoms with E-state index < -0.39 is 11.7 Å². The first-order chi connectivity index (χ1) is 16.1. The number of rotatable bonds is 7. The lowest BCUT2D eigenvalue weighted by atomic mass is 9.78. The Morgan fingerprint density at radius 2 is 1.91 bits per heavy atom. The highest BCUT2D eigenvalue weighted by atomic mass is 19.4. The fourth-order valence-corrected chi connectivity index (χ4v) is 5.08. The third-order valence-corrected chi connectivity index (χ3v) is 7.10. The Morgan fingerprint density at radius 1 is 1.21 bits per heavy atom. The molecule has 1 aromatic heterocycles. The number of anilines is 1. The van der Waals surface area contributed by atoms with E-state index in [1.54, 1.807) is 0 Å². The molecule has 2 aromatic rings. The van der Waals surface area contributed by atoms with Crippen molar-refractivity contribution in [2.75, 3.05) is 25.0 Å². The Hall–Kier alpha value is -2.46. The standard InChI is InChI=1S/C24H32F3N5O2/c1-14(2)23(34)15-3-6-18(7-4-15)32-12-17(13-32)30-22(33)11-28-21-10-29-31-20-8-5-16(9-19(20)21)24(25,26)27/h5,8-10,14-15,17-18,23,34H,3-4,6-7,11-13H2,1-2H3,(H,28,31)(H,30,33)/t15-,18+,23?. The average molecular weight is 480 g/mol. The molecule has 2 heterocycles. The Balaban J connectivity index is 1.24. The van der Waals surface area contributed by atoms with Crippen molar-refractivity contribution in [1.29, 1.82) is 0 Å². The van der Waals surface area contributed by atoms with Gasteiger partial charge in [0.2, 0.25) is 5.91 Å². The lowest BCUT2D eigenvalue weighted by Crippen LogP contribution is -2.63. The summed E-state index contributed by atoms with van der Waals surface area (Å²) in [6.45, 7) is 5.64. The van der Waals surface area contributed by atoms with Crippen LogP contribution >= 0.6 is 0 Å². The fourth-order valence-electron chi connectivity index (χ4n) is 5.08. The predicted molar refractivity (Wildman–Crippen MR) is 123 cm³/mol. The highest BCUT2D eigenvalue weighted by Crippen LogP contribution is 2.34. The number of fused-ring (bicyclic) bond motifs is 1. The van der Waals surface area contributed by atoms with E-state index in [-0.39, 0.29) is 35.9 Å². The van der Waals surface area contributed by atoms with E-state index >= 15 is 0 Å². The van der Waals surface area contributed by atoms with Gasteiger partial charge >= 0.3 is 6.18 Å². The summed E-state index contributed by atoms with van der Waals surface area (Å²) in [5.74, 6) is 0.446. The number of aliphatic hydroxyl groups is 1. The van der Waals surface area contributed by atoms with Gasteiger partial charge in [-0.1, -0.05) is 13.8 Å². The number of aliphatic hydroxyl groups excluding tert-OH is 1. The molecule has 1 aliphatic heterocycles. The van der Waals surface area contributed by atoms with Crippen LogP contribution in [0, 0.1) is 11.8 Å².